The molecule has 1 amide bonds. The minimum absolute atomic E-state index is 0.0722. The number of hydrogen-bond donors (Lipinski definition) is 0. The number of ether oxygens (including phenoxy) is 1. The van der Waals surface area contributed by atoms with Crippen molar-refractivity contribution in [1.82, 2.24) is 19.7 Å². The number of likely N-dealkylation sites (N-methyl/N-ethyl adjacent to an activating group) is 1. The van der Waals surface area contributed by atoms with Gasteiger partial charge in [0, 0.05) is 26.9 Å². The predicted molar refractivity (Wildman–Crippen MR) is 97.4 cm³/mol. The molecule has 2 rings (SSSR count). The van der Waals surface area contributed by atoms with Crippen LogP contribution in [0.1, 0.15) is 48.7 Å². The van der Waals surface area contributed by atoms with Crippen molar-refractivity contribution in [2.75, 3.05) is 20.8 Å². The summed E-state index contributed by atoms with van der Waals surface area (Å²) in [5.74, 6) is 0.424. The third-order valence-corrected chi connectivity index (χ3v) is 4.11. The van der Waals surface area contributed by atoms with Crippen LogP contribution in [-0.4, -0.2) is 46.3 Å². The van der Waals surface area contributed by atoms with E-state index in [4.69, 9.17) is 4.74 Å². The smallest absolute Gasteiger partial charge is 0.272 e. The van der Waals surface area contributed by atoms with Gasteiger partial charge in [0.1, 0.15) is 5.69 Å². The molecular weight excluding hydrogens is 316 g/mol. The molecule has 25 heavy (non-hydrogen) atoms. The molecule has 0 aliphatic rings. The van der Waals surface area contributed by atoms with E-state index < -0.39 is 0 Å². The Morgan fingerprint density at radius 1 is 1.36 bits per heavy atom. The van der Waals surface area contributed by atoms with Gasteiger partial charge in [0.05, 0.1) is 24.0 Å². The quantitative estimate of drug-likeness (QED) is 0.739. The average molecular weight is 344 g/mol. The summed E-state index contributed by atoms with van der Waals surface area (Å²) in [6.07, 6.45) is 2.59. The summed E-state index contributed by atoms with van der Waals surface area (Å²) in [7, 11) is 3.42. The normalized spacial score (nSPS) is 12.4. The number of pyridine rings is 1. The fraction of sp³-hybridized carbons (Fsp3) is 0.526. The zero-order chi connectivity index (χ0) is 18.4. The highest BCUT2D eigenvalue weighted by Gasteiger charge is 2.26. The molecule has 0 saturated heterocycles. The number of carbonyl (C=O) groups is 1. The first-order valence-electron chi connectivity index (χ1n) is 8.71. The highest BCUT2D eigenvalue weighted by molar-refractivity contribution is 5.92. The maximum Gasteiger partial charge on any atom is 0.272 e. The lowest BCUT2D eigenvalue weighted by atomic mass is 10.1. The number of hydrogen-bond acceptors (Lipinski definition) is 4. The summed E-state index contributed by atoms with van der Waals surface area (Å²) in [4.78, 5) is 19.2. The Hall–Kier alpha value is -2.21. The van der Waals surface area contributed by atoms with Gasteiger partial charge in [-0.1, -0.05) is 19.9 Å². The fourth-order valence-corrected chi connectivity index (χ4v) is 2.85. The van der Waals surface area contributed by atoms with Crippen LogP contribution in [0.25, 0.3) is 0 Å². The van der Waals surface area contributed by atoms with E-state index in [1.54, 1.807) is 29.9 Å². The molecule has 0 aliphatic heterocycles. The molecule has 0 fully saturated rings. The van der Waals surface area contributed by atoms with Crippen LogP contribution in [0.5, 0.6) is 0 Å². The van der Waals surface area contributed by atoms with Crippen LogP contribution in [0.2, 0.25) is 0 Å². The zero-order valence-corrected chi connectivity index (χ0v) is 15.8. The minimum Gasteiger partial charge on any atom is -0.382 e. The number of methoxy groups -OCH3 is 1. The molecule has 0 aromatic carbocycles. The molecule has 2 heterocycles. The number of aromatic nitrogens is 3. The summed E-state index contributed by atoms with van der Waals surface area (Å²) >= 11 is 0. The van der Waals surface area contributed by atoms with E-state index in [9.17, 15) is 4.79 Å². The van der Waals surface area contributed by atoms with Crippen LogP contribution in [0.15, 0.2) is 30.5 Å². The van der Waals surface area contributed by atoms with E-state index in [0.29, 0.717) is 24.8 Å². The van der Waals surface area contributed by atoms with Gasteiger partial charge < -0.3 is 9.64 Å². The van der Waals surface area contributed by atoms with Crippen molar-refractivity contribution >= 4 is 5.91 Å². The molecule has 6 nitrogen and oxygen atoms in total. The summed E-state index contributed by atoms with van der Waals surface area (Å²) in [5, 5.41) is 4.57. The molecule has 1 unspecified atom stereocenters. The number of amides is 1. The first-order valence-corrected chi connectivity index (χ1v) is 8.71. The van der Waals surface area contributed by atoms with Crippen molar-refractivity contribution < 1.29 is 9.53 Å². The molecule has 0 aliphatic carbocycles. The first-order chi connectivity index (χ1) is 12.0. The maximum absolute atomic E-state index is 13.1. The van der Waals surface area contributed by atoms with E-state index in [-0.39, 0.29) is 11.9 Å². The van der Waals surface area contributed by atoms with Crippen molar-refractivity contribution in [1.29, 1.82) is 0 Å². The number of aryl methyl sites for hydroxylation is 1. The van der Waals surface area contributed by atoms with Crippen LogP contribution in [0.4, 0.5) is 0 Å². The van der Waals surface area contributed by atoms with Crippen LogP contribution in [0, 0.1) is 5.92 Å². The third-order valence-electron chi connectivity index (χ3n) is 4.11. The van der Waals surface area contributed by atoms with E-state index in [0.717, 1.165) is 17.8 Å². The second kappa shape index (κ2) is 8.76. The van der Waals surface area contributed by atoms with Crippen LogP contribution >= 0.6 is 0 Å². The van der Waals surface area contributed by atoms with Gasteiger partial charge in [0.25, 0.3) is 5.91 Å². The van der Waals surface area contributed by atoms with Gasteiger partial charge in [-0.3, -0.25) is 14.5 Å². The van der Waals surface area contributed by atoms with Gasteiger partial charge in [-0.05, 0) is 37.5 Å². The molecule has 136 valence electrons. The predicted octanol–water partition coefficient (Wildman–Crippen LogP) is 2.96. The summed E-state index contributed by atoms with van der Waals surface area (Å²) in [5.41, 5.74) is 2.37. The van der Waals surface area contributed by atoms with Crippen LogP contribution in [-0.2, 0) is 17.7 Å². The van der Waals surface area contributed by atoms with Crippen molar-refractivity contribution in [2.45, 2.75) is 39.8 Å². The number of rotatable bonds is 8. The number of carbonyl (C=O) groups excluding carboxylic acids is 1. The fourth-order valence-electron chi connectivity index (χ4n) is 2.85. The molecule has 2 aromatic rings. The highest BCUT2D eigenvalue weighted by atomic mass is 16.5. The van der Waals surface area contributed by atoms with Gasteiger partial charge in [-0.15, -0.1) is 0 Å². The van der Waals surface area contributed by atoms with Gasteiger partial charge in [0.15, 0.2) is 0 Å². The monoisotopic (exact) mass is 344 g/mol. The molecule has 2 aromatic heterocycles. The third kappa shape index (κ3) is 4.66. The molecule has 0 radical (unpaired) electrons. The second-order valence-corrected chi connectivity index (χ2v) is 6.58. The molecular formula is C19H28N4O2. The lowest BCUT2D eigenvalue weighted by molar-refractivity contribution is 0.0583. The van der Waals surface area contributed by atoms with E-state index >= 15 is 0 Å². The minimum atomic E-state index is -0.243. The molecule has 1 atom stereocenters. The Morgan fingerprint density at radius 2 is 2.12 bits per heavy atom. The van der Waals surface area contributed by atoms with Crippen molar-refractivity contribution in [3.8, 4) is 0 Å². The molecule has 0 saturated carbocycles. The van der Waals surface area contributed by atoms with Crippen LogP contribution in [0.3, 0.4) is 0 Å². The highest BCUT2D eigenvalue weighted by Crippen LogP contribution is 2.21. The Balaban J connectivity index is 2.29. The maximum atomic E-state index is 13.1. The van der Waals surface area contributed by atoms with E-state index in [1.165, 1.54) is 0 Å². The van der Waals surface area contributed by atoms with Crippen molar-refractivity contribution in [3.63, 3.8) is 0 Å². The molecule has 6 heteroatoms. The van der Waals surface area contributed by atoms with E-state index in [1.807, 2.05) is 31.2 Å². The Kier molecular flexibility index (Phi) is 6.70. The molecule has 0 N–H and O–H groups in total. The zero-order valence-electron chi connectivity index (χ0n) is 15.8. The lowest BCUT2D eigenvalue weighted by Crippen LogP contribution is -2.35. The molecule has 0 spiro atoms. The molecule has 0 bridgehead atoms. The summed E-state index contributed by atoms with van der Waals surface area (Å²) in [6, 6.07) is 7.35. The summed E-state index contributed by atoms with van der Waals surface area (Å²) in [6.45, 7) is 7.33. The van der Waals surface area contributed by atoms with Gasteiger partial charge in [-0.25, -0.2) is 0 Å². The topological polar surface area (TPSA) is 60.2 Å². The average Bonchev–Trinajstić information content (AvgIpc) is 3.01. The SMILES string of the molecule is CCn1nc(CC(C)C)cc1C(=O)N(C)C(COC)c1ccccn1. The van der Waals surface area contributed by atoms with Crippen LogP contribution < -0.4 is 0 Å². The largest absolute Gasteiger partial charge is 0.382 e. The van der Waals surface area contributed by atoms with Gasteiger partial charge >= 0.3 is 0 Å². The summed E-state index contributed by atoms with van der Waals surface area (Å²) < 4.78 is 7.10. The van der Waals surface area contributed by atoms with Crippen molar-refractivity contribution in [2.24, 2.45) is 5.92 Å². The Bertz CT molecular complexity index is 682. The lowest BCUT2D eigenvalue weighted by Gasteiger charge is -2.27. The van der Waals surface area contributed by atoms with E-state index in [2.05, 4.69) is 23.9 Å². The first kappa shape index (κ1) is 19.1. The Labute approximate surface area is 149 Å². The number of nitrogens with zero attached hydrogens (tertiary/aromatic N) is 4. The van der Waals surface area contributed by atoms with Crippen molar-refractivity contribution in [3.05, 3.63) is 47.5 Å². The Morgan fingerprint density at radius 3 is 2.68 bits per heavy atom. The standard InChI is InChI=1S/C19H28N4O2/c1-6-23-17(12-15(21-23)11-14(2)3)19(24)22(4)18(13-25-5)16-9-7-8-10-20-16/h7-10,12,14,18H,6,11,13H2,1-5H3. The van der Waals surface area contributed by atoms with Gasteiger partial charge in [-0.2, -0.15) is 5.10 Å². The second-order valence-electron chi connectivity index (χ2n) is 6.58. The van der Waals surface area contributed by atoms with Gasteiger partial charge in [0.2, 0.25) is 0 Å².